The van der Waals surface area contributed by atoms with E-state index in [1.165, 1.54) is 30.4 Å². The number of rotatable bonds is 11. The van der Waals surface area contributed by atoms with E-state index in [0.717, 1.165) is 62.7 Å². The summed E-state index contributed by atoms with van der Waals surface area (Å²) in [6.07, 6.45) is 5.02. The van der Waals surface area contributed by atoms with Crippen molar-refractivity contribution in [2.45, 2.75) is 43.0 Å². The number of ether oxygens (including phenoxy) is 2. The number of morpholine rings is 1. The third kappa shape index (κ3) is 8.25. The highest BCUT2D eigenvalue weighted by Crippen LogP contribution is 2.34. The molecule has 1 aliphatic heterocycles. The maximum Gasteiger partial charge on any atom is 0.246 e. The molecule has 4 rings (SSSR count). The van der Waals surface area contributed by atoms with Gasteiger partial charge < -0.3 is 19.7 Å². The first-order valence-electron chi connectivity index (χ1n) is 13.5. The van der Waals surface area contributed by atoms with Gasteiger partial charge in [-0.25, -0.2) is 8.42 Å². The van der Waals surface area contributed by atoms with Crippen molar-refractivity contribution in [3.8, 4) is 0 Å². The molecule has 0 spiro atoms. The molecular weight excluding hydrogens is 597 g/mol. The van der Waals surface area contributed by atoms with Gasteiger partial charge in [-0.05, 0) is 61.8 Å². The Balaban J connectivity index is 1.17. The quantitative estimate of drug-likeness (QED) is 0.350. The van der Waals surface area contributed by atoms with E-state index in [4.69, 9.17) is 44.3 Å². The molecule has 1 amide bonds. The highest BCUT2D eigenvalue weighted by molar-refractivity contribution is 7.89. The summed E-state index contributed by atoms with van der Waals surface area (Å²) in [5.74, 6) is 0.391. The minimum absolute atomic E-state index is 0.0297. The Morgan fingerprint density at radius 3 is 2.40 bits per heavy atom. The lowest BCUT2D eigenvalue weighted by molar-refractivity contribution is -0.126. The zero-order chi connectivity index (χ0) is 28.7. The van der Waals surface area contributed by atoms with E-state index in [9.17, 15) is 13.2 Å². The van der Waals surface area contributed by atoms with Crippen LogP contribution in [-0.2, 0) is 30.7 Å². The summed E-state index contributed by atoms with van der Waals surface area (Å²) in [6, 6.07) is 11.4. The number of halogens is 3. The molecule has 2 fully saturated rings. The number of carbonyl (C=O) groups is 1. The number of likely N-dealkylation sites (N-methyl/N-ethyl adjacent to an activating group) is 1. The van der Waals surface area contributed by atoms with Crippen LogP contribution in [0.4, 0.5) is 5.69 Å². The van der Waals surface area contributed by atoms with Crippen LogP contribution >= 0.6 is 34.8 Å². The van der Waals surface area contributed by atoms with Crippen LogP contribution < -0.4 is 10.2 Å². The topological polar surface area (TPSA) is 88.2 Å². The molecule has 12 heteroatoms. The second kappa shape index (κ2) is 14.5. The maximum atomic E-state index is 12.9. The molecular formula is C28H36Cl3N3O5S. The molecule has 0 atom stereocenters. The van der Waals surface area contributed by atoms with Crippen molar-refractivity contribution in [3.63, 3.8) is 0 Å². The van der Waals surface area contributed by atoms with E-state index >= 15 is 0 Å². The Morgan fingerprint density at radius 1 is 1.07 bits per heavy atom. The minimum atomic E-state index is -3.96. The van der Waals surface area contributed by atoms with Crippen LogP contribution in [0, 0.1) is 5.92 Å². The highest BCUT2D eigenvalue weighted by atomic mass is 35.5. The van der Waals surface area contributed by atoms with Gasteiger partial charge in [-0.2, -0.15) is 4.31 Å². The van der Waals surface area contributed by atoms with Gasteiger partial charge in [-0.15, -0.1) is 0 Å². The molecule has 220 valence electrons. The standard InChI is InChI=1S/C28H36Cl3N3O5S/c1-33(40(36,37)28-24(30)17-22(29)18-25(28)31)10-13-39-19-27(35)32-23-8-6-20(7-9-23)16-21-4-2-3-5-26(21)34-11-14-38-15-12-34/h2-5,17-18,20,23H,6-16,19H2,1H3,(H,32,35). The van der Waals surface area contributed by atoms with Gasteiger partial charge in [-0.3, -0.25) is 4.79 Å². The number of nitrogens with zero attached hydrogens (tertiary/aromatic N) is 2. The number of para-hydroxylation sites is 1. The van der Waals surface area contributed by atoms with Crippen molar-refractivity contribution in [2.75, 3.05) is 58.0 Å². The molecule has 2 aromatic rings. The fourth-order valence-corrected chi connectivity index (χ4v) is 7.94. The molecule has 8 nitrogen and oxygen atoms in total. The van der Waals surface area contributed by atoms with E-state index in [0.29, 0.717) is 5.92 Å². The molecule has 1 saturated heterocycles. The van der Waals surface area contributed by atoms with Crippen molar-refractivity contribution in [2.24, 2.45) is 5.92 Å². The van der Waals surface area contributed by atoms with Crippen LogP contribution in [0.25, 0.3) is 0 Å². The summed E-state index contributed by atoms with van der Waals surface area (Å²) < 4.78 is 37.8. The largest absolute Gasteiger partial charge is 0.378 e. The second-order valence-electron chi connectivity index (χ2n) is 10.3. The predicted octanol–water partition coefficient (Wildman–Crippen LogP) is 5.04. The first kappa shape index (κ1) is 31.3. The number of sulfonamides is 1. The first-order chi connectivity index (χ1) is 19.1. The zero-order valence-corrected chi connectivity index (χ0v) is 25.7. The van der Waals surface area contributed by atoms with Crippen LogP contribution in [0.2, 0.25) is 15.1 Å². The Labute approximate surface area is 251 Å². The lowest BCUT2D eigenvalue weighted by Gasteiger charge is -2.33. The Bertz CT molecular complexity index is 1240. The molecule has 2 aliphatic rings. The Hall–Kier alpha value is -1.59. The van der Waals surface area contributed by atoms with Crippen LogP contribution in [-0.4, -0.2) is 77.8 Å². The van der Waals surface area contributed by atoms with Gasteiger partial charge in [0.1, 0.15) is 11.5 Å². The molecule has 40 heavy (non-hydrogen) atoms. The number of benzene rings is 2. The van der Waals surface area contributed by atoms with Gasteiger partial charge in [0.05, 0.1) is 29.9 Å². The average molecular weight is 633 g/mol. The molecule has 0 unspecified atom stereocenters. The van der Waals surface area contributed by atoms with Gasteiger partial charge >= 0.3 is 0 Å². The third-order valence-electron chi connectivity index (χ3n) is 7.48. The Kier molecular flexibility index (Phi) is 11.4. The van der Waals surface area contributed by atoms with E-state index in [2.05, 4.69) is 34.5 Å². The molecule has 0 radical (unpaired) electrons. The number of nitrogens with one attached hydrogen (secondary N) is 1. The monoisotopic (exact) mass is 631 g/mol. The molecule has 1 N–H and O–H groups in total. The minimum Gasteiger partial charge on any atom is -0.378 e. The molecule has 0 aromatic heterocycles. The summed E-state index contributed by atoms with van der Waals surface area (Å²) in [4.78, 5) is 14.7. The SMILES string of the molecule is CN(CCOCC(=O)NC1CCC(Cc2ccccc2N2CCOCC2)CC1)S(=O)(=O)c1c(Cl)cc(Cl)cc1Cl. The summed E-state index contributed by atoms with van der Waals surface area (Å²) >= 11 is 18.1. The fourth-order valence-electron chi connectivity index (χ4n) is 5.30. The molecule has 1 aliphatic carbocycles. The summed E-state index contributed by atoms with van der Waals surface area (Å²) in [5.41, 5.74) is 2.70. The van der Waals surface area contributed by atoms with Crippen molar-refractivity contribution >= 4 is 56.4 Å². The average Bonchev–Trinajstić information content (AvgIpc) is 2.92. The van der Waals surface area contributed by atoms with Crippen molar-refractivity contribution in [3.05, 3.63) is 57.0 Å². The van der Waals surface area contributed by atoms with Crippen LogP contribution in [0.1, 0.15) is 31.2 Å². The number of hydrogen-bond donors (Lipinski definition) is 1. The number of amides is 1. The lowest BCUT2D eigenvalue weighted by Crippen LogP contribution is -2.40. The normalized spacial score (nSPS) is 20.1. The number of carbonyl (C=O) groups excluding carboxylic acids is 1. The van der Waals surface area contributed by atoms with Crippen molar-refractivity contribution < 1.29 is 22.7 Å². The molecule has 0 bridgehead atoms. The van der Waals surface area contributed by atoms with Crippen LogP contribution in [0.15, 0.2) is 41.3 Å². The van der Waals surface area contributed by atoms with E-state index < -0.39 is 10.0 Å². The predicted molar refractivity (Wildman–Crippen MR) is 159 cm³/mol. The number of anilines is 1. The second-order valence-corrected chi connectivity index (χ2v) is 13.5. The van der Waals surface area contributed by atoms with Gasteiger partial charge in [0, 0.05) is 43.4 Å². The van der Waals surface area contributed by atoms with Crippen LogP contribution in [0.5, 0.6) is 0 Å². The summed E-state index contributed by atoms with van der Waals surface area (Å²) in [7, 11) is -2.56. The smallest absolute Gasteiger partial charge is 0.246 e. The highest BCUT2D eigenvalue weighted by Gasteiger charge is 2.27. The molecule has 1 heterocycles. The van der Waals surface area contributed by atoms with Gasteiger partial charge in [0.2, 0.25) is 15.9 Å². The van der Waals surface area contributed by atoms with E-state index in [-0.39, 0.29) is 51.7 Å². The molecule has 2 aromatic carbocycles. The van der Waals surface area contributed by atoms with E-state index in [1.54, 1.807) is 0 Å². The van der Waals surface area contributed by atoms with Crippen molar-refractivity contribution in [1.82, 2.24) is 9.62 Å². The van der Waals surface area contributed by atoms with Gasteiger partial charge in [0.15, 0.2) is 0 Å². The zero-order valence-electron chi connectivity index (χ0n) is 22.6. The fraction of sp³-hybridized carbons (Fsp3) is 0.536. The Morgan fingerprint density at radius 2 is 1.73 bits per heavy atom. The summed E-state index contributed by atoms with van der Waals surface area (Å²) in [5, 5.41) is 3.20. The van der Waals surface area contributed by atoms with Gasteiger partial charge in [0.25, 0.3) is 0 Å². The van der Waals surface area contributed by atoms with Crippen LogP contribution in [0.3, 0.4) is 0 Å². The first-order valence-corrected chi connectivity index (χ1v) is 16.1. The lowest BCUT2D eigenvalue weighted by atomic mass is 9.82. The maximum absolute atomic E-state index is 12.9. The van der Waals surface area contributed by atoms with Crippen molar-refractivity contribution in [1.29, 1.82) is 0 Å². The van der Waals surface area contributed by atoms with Gasteiger partial charge in [-0.1, -0.05) is 53.0 Å². The molecule has 1 saturated carbocycles. The number of hydrogen-bond acceptors (Lipinski definition) is 6. The summed E-state index contributed by atoms with van der Waals surface area (Å²) in [6.45, 7) is 3.33. The third-order valence-corrected chi connectivity index (χ3v) is 10.5. The van der Waals surface area contributed by atoms with E-state index in [1.807, 2.05) is 0 Å².